The Morgan fingerprint density at radius 2 is 2.17 bits per heavy atom. The van der Waals surface area contributed by atoms with Crippen LogP contribution in [0, 0.1) is 6.92 Å². The molecule has 1 aliphatic carbocycles. The van der Waals surface area contributed by atoms with Crippen LogP contribution in [0.5, 0.6) is 0 Å². The van der Waals surface area contributed by atoms with Crippen LogP contribution in [0.25, 0.3) is 0 Å². The molecule has 0 radical (unpaired) electrons. The summed E-state index contributed by atoms with van der Waals surface area (Å²) in [7, 11) is 0. The summed E-state index contributed by atoms with van der Waals surface area (Å²) < 4.78 is 0.947. The number of halogens is 1. The van der Waals surface area contributed by atoms with Gasteiger partial charge in [0.25, 0.3) is 5.91 Å². The van der Waals surface area contributed by atoms with Gasteiger partial charge in [-0.25, -0.2) is 0 Å². The van der Waals surface area contributed by atoms with Gasteiger partial charge < -0.3 is 10.6 Å². The lowest BCUT2D eigenvalue weighted by Gasteiger charge is -2.12. The Bertz CT molecular complexity index is 463. The summed E-state index contributed by atoms with van der Waals surface area (Å²) in [6, 6.07) is 1.63. The number of nitrogens with one attached hydrogen (secondary N) is 2. The molecule has 1 aromatic heterocycles. The summed E-state index contributed by atoms with van der Waals surface area (Å²) in [6.45, 7) is 3.63. The Kier molecular flexibility index (Phi) is 4.07. The summed E-state index contributed by atoms with van der Waals surface area (Å²) in [5.41, 5.74) is 1.03. The maximum Gasteiger partial charge on any atom is 0.262 e. The minimum absolute atomic E-state index is 0.113. The lowest BCUT2D eigenvalue weighted by molar-refractivity contribution is -0.122. The Labute approximate surface area is 118 Å². The van der Waals surface area contributed by atoms with Crippen LogP contribution in [0.1, 0.15) is 35.0 Å². The Morgan fingerprint density at radius 1 is 1.50 bits per heavy atom. The first-order valence-electron chi connectivity index (χ1n) is 5.84. The second-order valence-electron chi connectivity index (χ2n) is 4.55. The summed E-state index contributed by atoms with van der Waals surface area (Å²) >= 11 is 4.76. The highest BCUT2D eigenvalue weighted by atomic mass is 79.9. The highest BCUT2D eigenvalue weighted by molar-refractivity contribution is 9.11. The van der Waals surface area contributed by atoms with E-state index in [9.17, 15) is 9.59 Å². The van der Waals surface area contributed by atoms with Gasteiger partial charge in [-0.15, -0.1) is 11.3 Å². The van der Waals surface area contributed by atoms with Gasteiger partial charge in [0.2, 0.25) is 5.91 Å². The second-order valence-corrected chi connectivity index (χ2v) is 6.92. The van der Waals surface area contributed by atoms with Gasteiger partial charge in [-0.3, -0.25) is 9.59 Å². The minimum atomic E-state index is -0.501. The fourth-order valence-electron chi connectivity index (χ4n) is 1.46. The molecule has 1 fully saturated rings. The molecule has 0 spiro atoms. The second kappa shape index (κ2) is 5.40. The van der Waals surface area contributed by atoms with Crippen LogP contribution >= 0.6 is 27.3 Å². The first-order chi connectivity index (χ1) is 8.47. The molecule has 1 aliphatic rings. The number of carbonyl (C=O) groups is 2. The number of carbonyl (C=O) groups excluding carboxylic acids is 2. The van der Waals surface area contributed by atoms with E-state index in [1.165, 1.54) is 11.3 Å². The van der Waals surface area contributed by atoms with E-state index in [1.807, 2.05) is 13.0 Å². The van der Waals surface area contributed by atoms with E-state index in [0.29, 0.717) is 10.9 Å². The molecular formula is C12H15BrN2O2S. The van der Waals surface area contributed by atoms with Crippen molar-refractivity contribution in [1.29, 1.82) is 0 Å². The molecule has 1 saturated carbocycles. The van der Waals surface area contributed by atoms with Crippen molar-refractivity contribution in [2.75, 3.05) is 0 Å². The maximum atomic E-state index is 11.9. The van der Waals surface area contributed by atoms with Gasteiger partial charge in [0.05, 0.1) is 8.66 Å². The molecule has 0 bridgehead atoms. The van der Waals surface area contributed by atoms with E-state index in [-0.39, 0.29) is 11.8 Å². The number of rotatable bonds is 4. The van der Waals surface area contributed by atoms with Crippen LogP contribution in [0.3, 0.4) is 0 Å². The predicted octanol–water partition coefficient (Wildman–Crippen LogP) is 2.22. The normalized spacial score (nSPS) is 16.2. The van der Waals surface area contributed by atoms with E-state index in [4.69, 9.17) is 0 Å². The zero-order chi connectivity index (χ0) is 13.3. The largest absolute Gasteiger partial charge is 0.352 e. The first-order valence-corrected chi connectivity index (χ1v) is 7.45. The van der Waals surface area contributed by atoms with Crippen molar-refractivity contribution in [3.63, 3.8) is 0 Å². The first kappa shape index (κ1) is 13.5. The molecule has 2 N–H and O–H groups in total. The number of hydrogen-bond acceptors (Lipinski definition) is 3. The number of hydrogen-bond donors (Lipinski definition) is 2. The zero-order valence-corrected chi connectivity index (χ0v) is 12.7. The lowest BCUT2D eigenvalue weighted by atomic mass is 10.3. The van der Waals surface area contributed by atoms with Crippen molar-refractivity contribution in [3.8, 4) is 0 Å². The van der Waals surface area contributed by atoms with Crippen LogP contribution < -0.4 is 10.6 Å². The molecule has 0 aromatic carbocycles. The van der Waals surface area contributed by atoms with Gasteiger partial charge in [0, 0.05) is 6.04 Å². The predicted molar refractivity (Wildman–Crippen MR) is 74.8 cm³/mol. The highest BCUT2D eigenvalue weighted by Crippen LogP contribution is 2.27. The molecule has 98 valence electrons. The van der Waals surface area contributed by atoms with Gasteiger partial charge in [-0.1, -0.05) is 0 Å². The molecule has 2 rings (SSSR count). The molecule has 1 aromatic rings. The van der Waals surface area contributed by atoms with Crippen LogP contribution in [0.4, 0.5) is 0 Å². The van der Waals surface area contributed by atoms with E-state index in [2.05, 4.69) is 26.6 Å². The van der Waals surface area contributed by atoms with Crippen molar-refractivity contribution in [2.45, 2.75) is 38.8 Å². The topological polar surface area (TPSA) is 58.2 Å². The van der Waals surface area contributed by atoms with Crippen LogP contribution in [-0.2, 0) is 4.79 Å². The third-order valence-corrected chi connectivity index (χ3v) is 4.88. The van der Waals surface area contributed by atoms with E-state index in [1.54, 1.807) is 6.92 Å². The number of aryl methyl sites for hydroxylation is 1. The SMILES string of the molecule is Cc1cc(C(=O)NC(C)C(=O)NC2CC2)sc1Br. The van der Waals surface area contributed by atoms with Crippen molar-refractivity contribution in [1.82, 2.24) is 10.6 Å². The molecule has 4 nitrogen and oxygen atoms in total. The summed E-state index contributed by atoms with van der Waals surface area (Å²) in [5.74, 6) is -0.314. The fraction of sp³-hybridized carbons (Fsp3) is 0.500. The third-order valence-electron chi connectivity index (χ3n) is 2.75. The Morgan fingerprint density at radius 3 is 2.67 bits per heavy atom. The quantitative estimate of drug-likeness (QED) is 0.889. The molecule has 1 unspecified atom stereocenters. The van der Waals surface area contributed by atoms with Crippen molar-refractivity contribution in [2.24, 2.45) is 0 Å². The summed E-state index contributed by atoms with van der Waals surface area (Å²) in [6.07, 6.45) is 2.09. The van der Waals surface area contributed by atoms with Crippen molar-refractivity contribution >= 4 is 39.1 Å². The fourth-order valence-corrected chi connectivity index (χ4v) is 2.90. The average Bonchev–Trinajstić information content (AvgIpc) is 3.05. The summed E-state index contributed by atoms with van der Waals surface area (Å²) in [5, 5.41) is 5.58. The molecule has 1 heterocycles. The third kappa shape index (κ3) is 3.32. The van der Waals surface area contributed by atoms with Crippen LogP contribution in [0.2, 0.25) is 0 Å². The van der Waals surface area contributed by atoms with Crippen molar-refractivity contribution in [3.05, 3.63) is 20.3 Å². The monoisotopic (exact) mass is 330 g/mol. The minimum Gasteiger partial charge on any atom is -0.352 e. The van der Waals surface area contributed by atoms with Gasteiger partial charge >= 0.3 is 0 Å². The van der Waals surface area contributed by atoms with E-state index >= 15 is 0 Å². The van der Waals surface area contributed by atoms with Gasteiger partial charge in [-0.05, 0) is 54.2 Å². The summed E-state index contributed by atoms with van der Waals surface area (Å²) in [4.78, 5) is 24.2. The molecule has 6 heteroatoms. The molecule has 0 aliphatic heterocycles. The average molecular weight is 331 g/mol. The standard InChI is InChI=1S/C12H15BrN2O2S/c1-6-5-9(18-10(6)13)12(17)14-7(2)11(16)15-8-3-4-8/h5,7-8H,3-4H2,1-2H3,(H,14,17)(H,15,16). The molecular weight excluding hydrogens is 316 g/mol. The number of thiophene rings is 1. The van der Waals surface area contributed by atoms with E-state index in [0.717, 1.165) is 22.2 Å². The van der Waals surface area contributed by atoms with Gasteiger partial charge in [0.1, 0.15) is 6.04 Å². The van der Waals surface area contributed by atoms with Crippen molar-refractivity contribution < 1.29 is 9.59 Å². The van der Waals surface area contributed by atoms with Gasteiger partial charge in [-0.2, -0.15) is 0 Å². The van der Waals surface area contributed by atoms with Crippen LogP contribution in [-0.4, -0.2) is 23.9 Å². The highest BCUT2D eigenvalue weighted by Gasteiger charge is 2.26. The van der Waals surface area contributed by atoms with Crippen LogP contribution in [0.15, 0.2) is 9.85 Å². The molecule has 0 saturated heterocycles. The Hall–Kier alpha value is -0.880. The molecule has 1 atom stereocenters. The Balaban J connectivity index is 1.91. The smallest absolute Gasteiger partial charge is 0.262 e. The molecule has 2 amide bonds. The van der Waals surface area contributed by atoms with Gasteiger partial charge in [0.15, 0.2) is 0 Å². The number of amides is 2. The lowest BCUT2D eigenvalue weighted by Crippen LogP contribution is -2.45. The zero-order valence-electron chi connectivity index (χ0n) is 10.2. The molecule has 18 heavy (non-hydrogen) atoms. The van der Waals surface area contributed by atoms with E-state index < -0.39 is 6.04 Å². The maximum absolute atomic E-state index is 11.9.